The van der Waals surface area contributed by atoms with Gasteiger partial charge in [0.15, 0.2) is 0 Å². The predicted octanol–water partition coefficient (Wildman–Crippen LogP) is 1.27. The number of anilines is 3. The molecule has 0 aliphatic rings. The van der Waals surface area contributed by atoms with Gasteiger partial charge in [0, 0.05) is 31.4 Å². The van der Waals surface area contributed by atoms with E-state index in [1.54, 1.807) is 0 Å². The van der Waals surface area contributed by atoms with Crippen LogP contribution in [-0.4, -0.2) is 38.6 Å². The number of amides is 2. The molecule has 0 atom stereocenters. The Bertz CT molecular complexity index is 1410. The number of hydrogen-bond donors (Lipinski definition) is 3. The standard InChI is InChI=1S/C20H19N5O7S2/c1-13(26)22-15-3-7-17(8-4-15)33(29,30)25(19-11-12-21-20(28)24-19)34(31,32)18-9-5-16(6-10-18)23-14(2)27/h3-12H,1-2H3,(H,22,26)(H,23,27)(H,21,24,28). The van der Waals surface area contributed by atoms with Crippen molar-refractivity contribution in [1.82, 2.24) is 9.97 Å². The van der Waals surface area contributed by atoms with Gasteiger partial charge in [-0.3, -0.25) is 14.6 Å². The summed E-state index contributed by atoms with van der Waals surface area (Å²) < 4.78 is 54.0. The van der Waals surface area contributed by atoms with E-state index in [-0.39, 0.29) is 15.5 Å². The van der Waals surface area contributed by atoms with Gasteiger partial charge in [0.05, 0.1) is 9.79 Å². The van der Waals surface area contributed by atoms with Gasteiger partial charge < -0.3 is 10.6 Å². The molecule has 0 unspecified atom stereocenters. The average Bonchev–Trinajstić information content (AvgIpc) is 2.73. The number of rotatable bonds is 7. The van der Waals surface area contributed by atoms with Crippen LogP contribution in [0.3, 0.4) is 0 Å². The summed E-state index contributed by atoms with van der Waals surface area (Å²) in [4.78, 5) is 38.9. The molecule has 0 saturated heterocycles. The molecular weight excluding hydrogens is 486 g/mol. The maximum absolute atomic E-state index is 13.5. The van der Waals surface area contributed by atoms with Gasteiger partial charge in [-0.05, 0) is 54.6 Å². The van der Waals surface area contributed by atoms with Crippen molar-refractivity contribution < 1.29 is 26.4 Å². The van der Waals surface area contributed by atoms with Crippen molar-refractivity contribution >= 4 is 49.1 Å². The van der Waals surface area contributed by atoms with Crippen LogP contribution in [0.4, 0.5) is 17.2 Å². The van der Waals surface area contributed by atoms with Crippen molar-refractivity contribution in [2.24, 2.45) is 0 Å². The first-order chi connectivity index (χ1) is 15.9. The van der Waals surface area contributed by atoms with E-state index < -0.39 is 41.3 Å². The second-order valence-electron chi connectivity index (χ2n) is 6.88. The summed E-state index contributed by atoms with van der Waals surface area (Å²) in [7, 11) is -9.57. The van der Waals surface area contributed by atoms with Crippen LogP contribution in [0.1, 0.15) is 13.8 Å². The van der Waals surface area contributed by atoms with Crippen LogP contribution in [0.5, 0.6) is 0 Å². The van der Waals surface area contributed by atoms with Crippen molar-refractivity contribution in [3.8, 4) is 0 Å². The third-order valence-corrected chi connectivity index (χ3v) is 8.42. The van der Waals surface area contributed by atoms with Gasteiger partial charge in [-0.1, -0.05) is 0 Å². The van der Waals surface area contributed by atoms with Crippen LogP contribution in [-0.2, 0) is 29.6 Å². The molecule has 0 aliphatic carbocycles. The zero-order valence-corrected chi connectivity index (χ0v) is 19.5. The van der Waals surface area contributed by atoms with Crippen molar-refractivity contribution in [3.05, 3.63) is 71.3 Å². The first kappa shape index (κ1) is 24.6. The fraction of sp³-hybridized carbons (Fsp3) is 0.100. The Labute approximate surface area is 194 Å². The maximum Gasteiger partial charge on any atom is 0.346 e. The molecule has 3 aromatic rings. The molecule has 3 rings (SSSR count). The first-order valence-electron chi connectivity index (χ1n) is 9.52. The predicted molar refractivity (Wildman–Crippen MR) is 123 cm³/mol. The number of hydrogen-bond acceptors (Lipinski definition) is 8. The minimum Gasteiger partial charge on any atom is -0.326 e. The third-order valence-electron chi connectivity index (χ3n) is 4.24. The highest BCUT2D eigenvalue weighted by atomic mass is 32.3. The van der Waals surface area contributed by atoms with Gasteiger partial charge >= 0.3 is 5.69 Å². The number of aromatic nitrogens is 2. The Kier molecular flexibility index (Phi) is 6.83. The second kappa shape index (κ2) is 9.44. The Morgan fingerprint density at radius 3 is 1.53 bits per heavy atom. The van der Waals surface area contributed by atoms with Crippen LogP contribution in [0.25, 0.3) is 0 Å². The number of nitrogens with zero attached hydrogens (tertiary/aromatic N) is 2. The Morgan fingerprint density at radius 2 is 1.18 bits per heavy atom. The maximum atomic E-state index is 13.5. The van der Waals surface area contributed by atoms with Gasteiger partial charge in [-0.2, -0.15) is 16.8 Å². The molecule has 1 heterocycles. The average molecular weight is 506 g/mol. The van der Waals surface area contributed by atoms with E-state index in [1.807, 2.05) is 0 Å². The summed E-state index contributed by atoms with van der Waals surface area (Å²) in [5.41, 5.74) is -0.367. The van der Waals surface area contributed by atoms with Crippen LogP contribution >= 0.6 is 0 Å². The van der Waals surface area contributed by atoms with Gasteiger partial charge in [-0.15, -0.1) is 3.71 Å². The van der Waals surface area contributed by atoms with Gasteiger partial charge in [0.1, 0.15) is 5.82 Å². The van der Waals surface area contributed by atoms with Crippen molar-refractivity contribution in [2.75, 3.05) is 14.3 Å². The molecule has 0 bridgehead atoms. The molecule has 14 heteroatoms. The summed E-state index contributed by atoms with van der Waals surface area (Å²) in [6, 6.07) is 10.6. The minimum atomic E-state index is -4.79. The molecule has 178 valence electrons. The van der Waals surface area contributed by atoms with E-state index in [2.05, 4.69) is 20.6 Å². The zero-order chi connectivity index (χ0) is 25.1. The number of carbonyl (C=O) groups excluding carboxylic acids is 2. The Balaban J connectivity index is 2.14. The molecule has 0 fully saturated rings. The van der Waals surface area contributed by atoms with E-state index in [1.165, 1.54) is 38.1 Å². The Morgan fingerprint density at radius 1 is 0.765 bits per heavy atom. The third kappa shape index (κ3) is 5.29. The number of aromatic amines is 1. The molecule has 0 aliphatic heterocycles. The summed E-state index contributed by atoms with van der Waals surface area (Å²) in [6.45, 7) is 2.55. The topological polar surface area (TPSA) is 175 Å². The summed E-state index contributed by atoms with van der Waals surface area (Å²) in [5, 5.41) is 4.95. The van der Waals surface area contributed by atoms with Crippen molar-refractivity contribution in [1.29, 1.82) is 0 Å². The van der Waals surface area contributed by atoms with E-state index in [0.29, 0.717) is 11.4 Å². The summed E-state index contributed by atoms with van der Waals surface area (Å²) in [6.07, 6.45) is 0.964. The number of benzene rings is 2. The smallest absolute Gasteiger partial charge is 0.326 e. The SMILES string of the molecule is CC(=O)Nc1ccc(S(=O)(=O)N(c2ccnc(=O)[nH]2)S(=O)(=O)c2ccc(NC(C)=O)cc2)cc1. The second-order valence-corrected chi connectivity index (χ2v) is 10.7. The number of carbonyl (C=O) groups is 2. The van der Waals surface area contributed by atoms with Gasteiger partial charge in [-0.25, -0.2) is 9.78 Å². The quantitative estimate of drug-likeness (QED) is 0.430. The highest BCUT2D eigenvalue weighted by Crippen LogP contribution is 2.30. The highest BCUT2D eigenvalue weighted by Gasteiger charge is 2.37. The molecule has 34 heavy (non-hydrogen) atoms. The normalized spacial score (nSPS) is 11.5. The van der Waals surface area contributed by atoms with Crippen LogP contribution in [0.2, 0.25) is 0 Å². The number of sulfonamides is 2. The largest absolute Gasteiger partial charge is 0.346 e. The monoisotopic (exact) mass is 505 g/mol. The molecule has 2 amide bonds. The lowest BCUT2D eigenvalue weighted by atomic mass is 10.3. The molecular formula is C20H19N5O7S2. The minimum absolute atomic E-state index is 0.0872. The van der Waals surface area contributed by atoms with Crippen LogP contribution in [0, 0.1) is 0 Å². The fourth-order valence-corrected chi connectivity index (χ4v) is 6.50. The lowest BCUT2D eigenvalue weighted by molar-refractivity contribution is -0.115. The molecule has 2 aromatic carbocycles. The molecule has 1 aromatic heterocycles. The number of nitrogens with one attached hydrogen (secondary N) is 3. The zero-order valence-electron chi connectivity index (χ0n) is 17.8. The molecule has 0 spiro atoms. The van der Waals surface area contributed by atoms with Gasteiger partial charge in [0.2, 0.25) is 11.8 Å². The van der Waals surface area contributed by atoms with E-state index in [0.717, 1.165) is 36.5 Å². The van der Waals surface area contributed by atoms with Gasteiger partial charge in [0.25, 0.3) is 20.0 Å². The molecule has 0 radical (unpaired) electrons. The fourth-order valence-electron chi connectivity index (χ4n) is 2.87. The van der Waals surface area contributed by atoms with Crippen LogP contribution in [0.15, 0.2) is 75.4 Å². The van der Waals surface area contributed by atoms with E-state index in [4.69, 9.17) is 0 Å². The highest BCUT2D eigenvalue weighted by molar-refractivity contribution is 8.10. The molecule has 0 saturated carbocycles. The Hall–Kier alpha value is -4.04. The molecule has 3 N–H and O–H groups in total. The number of H-pyrrole nitrogens is 1. The summed E-state index contributed by atoms with van der Waals surface area (Å²) in [5.74, 6) is -1.31. The van der Waals surface area contributed by atoms with E-state index >= 15 is 0 Å². The summed E-state index contributed by atoms with van der Waals surface area (Å²) >= 11 is 0. The molecule has 12 nitrogen and oxygen atoms in total. The van der Waals surface area contributed by atoms with Crippen LogP contribution < -0.4 is 20.0 Å². The lowest BCUT2D eigenvalue weighted by Gasteiger charge is -2.23. The van der Waals surface area contributed by atoms with Crippen molar-refractivity contribution in [3.63, 3.8) is 0 Å². The van der Waals surface area contributed by atoms with Crippen molar-refractivity contribution in [2.45, 2.75) is 23.6 Å². The first-order valence-corrected chi connectivity index (χ1v) is 12.4. The van der Waals surface area contributed by atoms with E-state index in [9.17, 15) is 31.2 Å². The lowest BCUT2D eigenvalue weighted by Crippen LogP contribution is -2.38.